The first-order chi connectivity index (χ1) is 42.2. The number of ether oxygens (including phenoxy) is 4. The van der Waals surface area contributed by atoms with Crippen LogP contribution in [0.5, 0.6) is 0 Å². The lowest BCUT2D eigenvalue weighted by molar-refractivity contribution is -0.385. The third kappa shape index (κ3) is 27.4. The Balaban J connectivity index is 0.000000655. The van der Waals surface area contributed by atoms with Gasteiger partial charge in [-0.3, -0.25) is 68.6 Å². The van der Waals surface area contributed by atoms with Gasteiger partial charge in [-0.25, -0.2) is 20.4 Å². The van der Waals surface area contributed by atoms with Crippen LogP contribution < -0.4 is 21.5 Å². The molecule has 6 N–H and O–H groups in total. The second-order valence-electron chi connectivity index (χ2n) is 22.6. The van der Waals surface area contributed by atoms with Gasteiger partial charge in [0.05, 0.1) is 20.7 Å². The lowest BCUT2D eigenvalue weighted by atomic mass is 9.94. The smallest absolute Gasteiger partial charge is 0.353 e. The average molecular weight is 1420 g/mol. The van der Waals surface area contributed by atoms with Crippen molar-refractivity contribution in [1.82, 2.24) is 31.5 Å². The highest BCUT2D eigenvalue weighted by molar-refractivity contribution is 6.68. The maximum atomic E-state index is 12.9. The Kier molecular flexibility index (Phi) is 33.7. The van der Waals surface area contributed by atoms with Gasteiger partial charge in [-0.15, -0.1) is 13.2 Å². The number of carboxylic acid groups (broad SMARTS) is 1. The fourth-order valence-corrected chi connectivity index (χ4v) is 7.81. The van der Waals surface area contributed by atoms with Gasteiger partial charge >= 0.3 is 35.8 Å². The number of aliphatic carboxylic acids is 1. The lowest BCUT2D eigenvalue weighted by Gasteiger charge is -2.34. The molecule has 2 aromatic carbocycles. The number of carbonyl (C=O) groups excluding carboxylic acids is 9. The van der Waals surface area contributed by atoms with Crippen molar-refractivity contribution in [2.75, 3.05) is 26.3 Å². The molecule has 512 valence electrons. The number of aliphatic hydroxyl groups is 1. The van der Waals surface area contributed by atoms with E-state index in [9.17, 15) is 73.3 Å². The summed E-state index contributed by atoms with van der Waals surface area (Å²) in [5.41, 5.74) is 2.50. The second kappa shape index (κ2) is 37.2. The maximum Gasteiger partial charge on any atom is 0.353 e. The predicted molar refractivity (Wildman–Crippen MR) is 340 cm³/mol. The monoisotopic (exact) mass is 1420 g/mol. The van der Waals surface area contributed by atoms with Gasteiger partial charge in [0.2, 0.25) is 13.5 Å². The van der Waals surface area contributed by atoms with E-state index in [0.717, 1.165) is 12.1 Å². The van der Waals surface area contributed by atoms with Crippen LogP contribution in [0.1, 0.15) is 127 Å². The summed E-state index contributed by atoms with van der Waals surface area (Å²) in [5.74, 6) is -7.97. The number of aliphatic hydroxyl groups excluding tert-OH is 1. The van der Waals surface area contributed by atoms with E-state index in [2.05, 4.69) is 39.4 Å². The third-order valence-corrected chi connectivity index (χ3v) is 13.9. The minimum atomic E-state index is -1.74. The molecule has 28 nitrogen and oxygen atoms in total. The van der Waals surface area contributed by atoms with Crippen LogP contribution in [0.15, 0.2) is 61.7 Å². The number of hydrogen-bond donors (Lipinski definition) is 6. The molecular formula is C58H78Cl6N8O20. The molecule has 0 spiro atoms. The highest BCUT2D eigenvalue weighted by Crippen LogP contribution is 2.29. The minimum absolute atomic E-state index is 0.242. The molecule has 34 heteroatoms. The average Bonchev–Trinajstić information content (AvgIpc) is 0.871. The van der Waals surface area contributed by atoms with Crippen molar-refractivity contribution in [3.63, 3.8) is 0 Å². The number of esters is 5. The number of hydrogen-bond acceptors (Lipinski definition) is 21. The summed E-state index contributed by atoms with van der Waals surface area (Å²) in [6.45, 7) is 26.0. The molecule has 2 fully saturated rings. The van der Waals surface area contributed by atoms with Gasteiger partial charge in [-0.2, -0.15) is 0 Å². The topological polar surface area (TPSA) is 389 Å². The maximum absolute atomic E-state index is 12.9. The largest absolute Gasteiger partial charge is 0.481 e. The van der Waals surface area contributed by atoms with Gasteiger partial charge in [0.25, 0.3) is 29.1 Å². The first-order valence-corrected chi connectivity index (χ1v) is 30.4. The minimum Gasteiger partial charge on any atom is -0.481 e. The number of rotatable bonds is 21. The van der Waals surface area contributed by atoms with Crippen molar-refractivity contribution < 1.29 is 87.0 Å². The molecule has 4 rings (SSSR count). The summed E-state index contributed by atoms with van der Waals surface area (Å²) >= 11 is 33.4. The summed E-state index contributed by atoms with van der Waals surface area (Å²) in [6.07, 6.45) is 2.51. The Morgan fingerprint density at radius 1 is 0.652 bits per heavy atom. The van der Waals surface area contributed by atoms with E-state index in [1.54, 1.807) is 55.4 Å². The van der Waals surface area contributed by atoms with Crippen molar-refractivity contribution >= 4 is 140 Å². The van der Waals surface area contributed by atoms with Crippen molar-refractivity contribution in [1.29, 1.82) is 0 Å². The standard InChI is InChI=1S/C21H32Cl3N3O6.C16H12N2O7.C15H24Cl3N3O5.C6H10O2/c1-7-20(5,6)19(31)33-15(12(2)3)16(28)25-13(4)17(29)27-10-8-9-14(26-27)18(30)32-11-21(22,23)24;1-9-5-3-7-11(17(21)22)13(9)15(19)25-16(20)14-10(2)6-4-8-12(14)18(23)24;1-8(2)11(22)12(23)19-9(3)13(24)21-6-4-5-10(20-21)14(25)26-7-15(16,17)18;1-4-6(2,3)5(7)8/h7,12-15,26H,1,8-11H2,2-6H3,(H,25,28);3-8H,1-2H3;8-11,20,22H,4-7H2,1-3H3,(H,19,23);4H,1H2,2-3H3,(H,7,8)/t13-,14-,15-;;9-,10-,11-;/m0.0./s1. The molecule has 0 aliphatic carbocycles. The second-order valence-corrected chi connectivity index (χ2v) is 27.6. The van der Waals surface area contributed by atoms with E-state index in [4.69, 9.17) is 88.9 Å². The van der Waals surface area contributed by atoms with E-state index in [1.165, 1.54) is 74.1 Å². The van der Waals surface area contributed by atoms with E-state index in [0.29, 0.717) is 38.8 Å². The Hall–Kier alpha value is -6.76. The quantitative estimate of drug-likeness (QED) is 0.0131. The molecule has 0 aromatic heterocycles. The zero-order valence-corrected chi connectivity index (χ0v) is 57.1. The molecule has 0 unspecified atom stereocenters. The number of aryl methyl sites for hydroxylation is 2. The zero-order chi connectivity index (χ0) is 71.1. The normalized spacial score (nSPS) is 16.2. The third-order valence-electron chi connectivity index (χ3n) is 13.3. The van der Waals surface area contributed by atoms with Gasteiger partial charge in [-0.05, 0) is 104 Å². The summed E-state index contributed by atoms with van der Waals surface area (Å²) in [4.78, 5) is 142. The summed E-state index contributed by atoms with van der Waals surface area (Å²) in [7, 11) is 0. The Morgan fingerprint density at radius 3 is 1.33 bits per heavy atom. The van der Waals surface area contributed by atoms with Gasteiger partial charge in [0.1, 0.15) is 54.6 Å². The number of hydrazine groups is 2. The molecule has 4 amide bonds. The molecule has 0 bridgehead atoms. The molecule has 2 aliphatic rings. The van der Waals surface area contributed by atoms with Crippen LogP contribution in [0.2, 0.25) is 0 Å². The van der Waals surface area contributed by atoms with Crippen molar-refractivity contribution in [3.05, 3.63) is 104 Å². The summed E-state index contributed by atoms with van der Waals surface area (Å²) in [5, 5.41) is 47.7. The van der Waals surface area contributed by atoms with E-state index in [-0.39, 0.29) is 34.1 Å². The molecule has 2 aliphatic heterocycles. The van der Waals surface area contributed by atoms with Crippen LogP contribution in [0, 0.1) is 56.7 Å². The molecule has 0 radical (unpaired) electrons. The zero-order valence-electron chi connectivity index (χ0n) is 52.6. The van der Waals surface area contributed by atoms with Crippen LogP contribution in [-0.2, 0) is 57.3 Å². The number of nitrogens with zero attached hydrogens (tertiary/aromatic N) is 4. The first-order valence-electron chi connectivity index (χ1n) is 28.1. The van der Waals surface area contributed by atoms with Crippen LogP contribution >= 0.6 is 69.6 Å². The van der Waals surface area contributed by atoms with Crippen LogP contribution in [0.25, 0.3) is 0 Å². The van der Waals surface area contributed by atoms with E-state index in [1.807, 2.05) is 0 Å². The van der Waals surface area contributed by atoms with Crippen LogP contribution in [0.3, 0.4) is 0 Å². The Bertz CT molecular complexity index is 2950. The van der Waals surface area contributed by atoms with Crippen molar-refractivity contribution in [3.8, 4) is 0 Å². The number of carbonyl (C=O) groups is 10. The fourth-order valence-electron chi connectivity index (χ4n) is 7.48. The molecule has 6 atom stereocenters. The highest BCUT2D eigenvalue weighted by atomic mass is 35.6. The number of nitrogens with one attached hydrogen (secondary N) is 4. The number of carboxylic acids is 1. The molecule has 2 saturated heterocycles. The number of nitro benzene ring substituents is 2. The SMILES string of the molecule is C=CC(C)(C)C(=O)O.C=CC(C)(C)C(=O)O[C@H](C(=O)N[C@@H](C)C(=O)N1CCC[C@@H](C(=O)OCC(Cl)(Cl)Cl)N1)C(C)C.CC(C)[C@H](O)C(=O)N[C@@H](C)C(=O)N1CCC[C@@H](C(=O)OCC(Cl)(Cl)Cl)N1.Cc1cccc([N+](=O)[O-])c1C(=O)OC(=O)c1c(C)cccc1[N+](=O)[O-]. The Labute approximate surface area is 561 Å². The predicted octanol–water partition coefficient (Wildman–Crippen LogP) is 8.00. The molecule has 2 aromatic rings. The van der Waals surface area contributed by atoms with Crippen molar-refractivity contribution in [2.24, 2.45) is 22.7 Å². The highest BCUT2D eigenvalue weighted by Gasteiger charge is 2.38. The van der Waals surface area contributed by atoms with Crippen LogP contribution in [0.4, 0.5) is 11.4 Å². The van der Waals surface area contributed by atoms with Gasteiger partial charge in [-0.1, -0.05) is 134 Å². The van der Waals surface area contributed by atoms with Gasteiger partial charge in [0.15, 0.2) is 6.10 Å². The number of amides is 4. The van der Waals surface area contributed by atoms with Gasteiger partial charge in [0, 0.05) is 25.2 Å². The van der Waals surface area contributed by atoms with Crippen LogP contribution in [-0.4, -0.2) is 160 Å². The van der Waals surface area contributed by atoms with Gasteiger partial charge < -0.3 is 39.8 Å². The number of nitro groups is 2. The summed E-state index contributed by atoms with van der Waals surface area (Å²) in [6, 6.07) is 4.49. The number of alkyl halides is 6. The molecule has 0 saturated carbocycles. The first kappa shape index (κ1) is 83.3. The summed E-state index contributed by atoms with van der Waals surface area (Å²) < 4.78 is 16.5. The number of halogens is 6. The molecule has 92 heavy (non-hydrogen) atoms. The molecular weight excluding hydrogens is 1340 g/mol. The Morgan fingerprint density at radius 2 is 1.02 bits per heavy atom. The van der Waals surface area contributed by atoms with Crippen molar-refractivity contribution in [2.45, 2.75) is 153 Å². The molecule has 2 heterocycles. The lowest BCUT2D eigenvalue weighted by Crippen LogP contribution is -2.60. The fraction of sp³-hybridized carbons (Fsp3) is 0.552. The van der Waals surface area contributed by atoms with E-state index < -0.39 is 149 Å². The van der Waals surface area contributed by atoms with E-state index >= 15 is 0 Å². The number of benzene rings is 2.